The molecule has 0 aliphatic carbocycles. The molecule has 5 nitrogen and oxygen atoms in total. The van der Waals surface area contributed by atoms with E-state index in [1.165, 1.54) is 6.07 Å². The predicted octanol–water partition coefficient (Wildman–Crippen LogP) is 3.40. The van der Waals surface area contributed by atoms with Crippen LogP contribution in [-0.2, 0) is 4.79 Å². The number of anilines is 1. The Hall–Kier alpha value is -2.12. The van der Waals surface area contributed by atoms with E-state index in [9.17, 15) is 13.6 Å². The number of alkyl halides is 2. The number of rotatable bonds is 5. The van der Waals surface area contributed by atoms with Gasteiger partial charge in [0, 0.05) is 48.4 Å². The molecule has 29 heavy (non-hydrogen) atoms. The minimum Gasteiger partial charge on any atom is -0.369 e. The first-order chi connectivity index (χ1) is 14.0. The van der Waals surface area contributed by atoms with Gasteiger partial charge in [-0.1, -0.05) is 6.92 Å². The molecule has 7 heteroatoms. The number of benzene rings is 1. The summed E-state index contributed by atoms with van der Waals surface area (Å²) < 4.78 is 26.4. The summed E-state index contributed by atoms with van der Waals surface area (Å²) in [6.07, 6.45) is 1.95. The molecule has 2 atom stereocenters. The molecular weight excluding hydrogens is 374 g/mol. The monoisotopic (exact) mass is 404 g/mol. The molecule has 1 aromatic carbocycles. The van der Waals surface area contributed by atoms with Crippen LogP contribution in [0, 0.1) is 11.8 Å². The van der Waals surface area contributed by atoms with Gasteiger partial charge in [0.05, 0.1) is 5.52 Å². The SMILES string of the molecule is CNC1CC(C)CN(c2ccc(C(F)F)c3ncccc23)C1.O=CCC1CNC1. The Morgan fingerprint density at radius 2 is 2.10 bits per heavy atom. The lowest BCUT2D eigenvalue weighted by molar-refractivity contribution is -0.108. The Labute approximate surface area is 170 Å². The lowest BCUT2D eigenvalue weighted by Gasteiger charge is -2.38. The number of hydrogen-bond donors (Lipinski definition) is 2. The first kappa shape index (κ1) is 21.6. The fourth-order valence-corrected chi connectivity index (χ4v) is 4.04. The Bertz CT molecular complexity index is 812. The molecule has 0 spiro atoms. The van der Waals surface area contributed by atoms with Gasteiger partial charge in [-0.15, -0.1) is 0 Å². The van der Waals surface area contributed by atoms with Gasteiger partial charge in [-0.05, 0) is 62.7 Å². The topological polar surface area (TPSA) is 57.3 Å². The highest BCUT2D eigenvalue weighted by molar-refractivity contribution is 5.94. The second-order valence-electron chi connectivity index (χ2n) is 8.03. The summed E-state index contributed by atoms with van der Waals surface area (Å²) in [4.78, 5) is 16.3. The fraction of sp³-hybridized carbons (Fsp3) is 0.545. The Morgan fingerprint density at radius 1 is 1.31 bits per heavy atom. The molecule has 0 bridgehead atoms. The van der Waals surface area contributed by atoms with Gasteiger partial charge in [-0.25, -0.2) is 8.78 Å². The van der Waals surface area contributed by atoms with Gasteiger partial charge in [-0.3, -0.25) is 4.98 Å². The van der Waals surface area contributed by atoms with Crippen molar-refractivity contribution in [3.63, 3.8) is 0 Å². The van der Waals surface area contributed by atoms with Crippen molar-refractivity contribution in [2.75, 3.05) is 38.1 Å². The van der Waals surface area contributed by atoms with E-state index in [4.69, 9.17) is 0 Å². The van der Waals surface area contributed by atoms with Crippen molar-refractivity contribution in [1.29, 1.82) is 0 Å². The fourth-order valence-electron chi connectivity index (χ4n) is 4.04. The lowest BCUT2D eigenvalue weighted by atomic mass is 9.94. The third-order valence-electron chi connectivity index (χ3n) is 5.72. The normalized spacial score (nSPS) is 22.2. The van der Waals surface area contributed by atoms with Crippen LogP contribution < -0.4 is 15.5 Å². The zero-order valence-corrected chi connectivity index (χ0v) is 17.1. The number of fused-ring (bicyclic) bond motifs is 1. The van der Waals surface area contributed by atoms with E-state index in [0.29, 0.717) is 23.4 Å². The van der Waals surface area contributed by atoms with Crippen LogP contribution in [-0.4, -0.2) is 50.5 Å². The number of carbonyl (C=O) groups excluding carboxylic acids is 1. The molecule has 0 saturated carbocycles. The molecule has 2 aliphatic rings. The van der Waals surface area contributed by atoms with Gasteiger partial charge in [0.15, 0.2) is 0 Å². The van der Waals surface area contributed by atoms with Crippen molar-refractivity contribution in [1.82, 2.24) is 15.6 Å². The molecule has 2 unspecified atom stereocenters. The van der Waals surface area contributed by atoms with Crippen LogP contribution >= 0.6 is 0 Å². The summed E-state index contributed by atoms with van der Waals surface area (Å²) in [5.74, 6) is 1.21. The van der Waals surface area contributed by atoms with E-state index < -0.39 is 6.43 Å². The van der Waals surface area contributed by atoms with Crippen molar-refractivity contribution < 1.29 is 13.6 Å². The van der Waals surface area contributed by atoms with Gasteiger partial charge < -0.3 is 20.3 Å². The third kappa shape index (κ3) is 5.28. The minimum absolute atomic E-state index is 0.00887. The highest BCUT2D eigenvalue weighted by Gasteiger charge is 2.26. The van der Waals surface area contributed by atoms with Crippen LogP contribution in [0.4, 0.5) is 14.5 Å². The molecule has 0 radical (unpaired) electrons. The van der Waals surface area contributed by atoms with Crippen LogP contribution in [0.1, 0.15) is 31.8 Å². The molecule has 3 heterocycles. The first-order valence-corrected chi connectivity index (χ1v) is 10.3. The third-order valence-corrected chi connectivity index (χ3v) is 5.72. The van der Waals surface area contributed by atoms with E-state index in [1.54, 1.807) is 6.20 Å². The van der Waals surface area contributed by atoms with Crippen molar-refractivity contribution >= 4 is 22.9 Å². The summed E-state index contributed by atoms with van der Waals surface area (Å²) in [5, 5.41) is 7.23. The summed E-state index contributed by atoms with van der Waals surface area (Å²) in [6, 6.07) is 7.45. The van der Waals surface area contributed by atoms with E-state index in [-0.39, 0.29) is 5.56 Å². The number of hydrogen-bond acceptors (Lipinski definition) is 5. The van der Waals surface area contributed by atoms with E-state index in [2.05, 4.69) is 27.4 Å². The first-order valence-electron chi connectivity index (χ1n) is 10.3. The zero-order chi connectivity index (χ0) is 20.8. The van der Waals surface area contributed by atoms with Gasteiger partial charge in [0.2, 0.25) is 0 Å². The zero-order valence-electron chi connectivity index (χ0n) is 17.1. The Morgan fingerprint density at radius 3 is 2.69 bits per heavy atom. The van der Waals surface area contributed by atoms with Crippen molar-refractivity contribution in [2.24, 2.45) is 11.8 Å². The van der Waals surface area contributed by atoms with E-state index in [0.717, 1.165) is 56.4 Å². The maximum Gasteiger partial charge on any atom is 0.265 e. The number of likely N-dealkylation sites (N-methyl/N-ethyl adjacent to an activating group) is 1. The molecule has 158 valence electrons. The number of pyridine rings is 1. The summed E-state index contributed by atoms with van der Waals surface area (Å²) in [5.41, 5.74) is 1.42. The van der Waals surface area contributed by atoms with Crippen molar-refractivity contribution in [3.8, 4) is 0 Å². The van der Waals surface area contributed by atoms with Gasteiger partial charge in [-0.2, -0.15) is 0 Å². The summed E-state index contributed by atoms with van der Waals surface area (Å²) in [6.45, 7) is 6.14. The van der Waals surface area contributed by atoms with E-state index in [1.807, 2.05) is 25.2 Å². The predicted molar refractivity (Wildman–Crippen MR) is 113 cm³/mol. The van der Waals surface area contributed by atoms with Crippen LogP contribution in [0.3, 0.4) is 0 Å². The molecule has 4 rings (SSSR count). The molecular formula is C22H30F2N4O. The average molecular weight is 405 g/mol. The van der Waals surface area contributed by atoms with Crippen LogP contribution in [0.15, 0.2) is 30.5 Å². The number of piperidine rings is 1. The second-order valence-corrected chi connectivity index (χ2v) is 8.03. The average Bonchev–Trinajstić information content (AvgIpc) is 2.69. The molecule has 2 aromatic rings. The molecule has 2 saturated heterocycles. The number of aldehydes is 1. The number of nitrogens with zero attached hydrogens (tertiary/aromatic N) is 2. The van der Waals surface area contributed by atoms with Crippen LogP contribution in [0.2, 0.25) is 0 Å². The summed E-state index contributed by atoms with van der Waals surface area (Å²) >= 11 is 0. The molecule has 1 aromatic heterocycles. The van der Waals surface area contributed by atoms with Crippen molar-refractivity contribution in [3.05, 3.63) is 36.0 Å². The van der Waals surface area contributed by atoms with Crippen molar-refractivity contribution in [2.45, 2.75) is 32.2 Å². The molecule has 2 aliphatic heterocycles. The largest absolute Gasteiger partial charge is 0.369 e. The standard InChI is InChI=1S/C17H21F2N3.C5H9NO/c1-11-8-12(20-2)10-22(9-11)15-6-5-14(17(18)19)16-13(15)4-3-7-21-16;7-2-1-5-3-6-4-5/h3-7,11-12,17,20H,8-10H2,1-2H3;2,5-6H,1,3-4H2. The quantitative estimate of drug-likeness (QED) is 0.748. The molecule has 2 fully saturated rings. The number of carbonyl (C=O) groups is 1. The maximum atomic E-state index is 13.2. The molecule has 0 amide bonds. The highest BCUT2D eigenvalue weighted by atomic mass is 19.3. The lowest BCUT2D eigenvalue weighted by Crippen LogP contribution is -2.47. The van der Waals surface area contributed by atoms with Gasteiger partial charge in [0.25, 0.3) is 6.43 Å². The number of halogens is 2. The van der Waals surface area contributed by atoms with Gasteiger partial charge in [0.1, 0.15) is 6.29 Å². The highest BCUT2D eigenvalue weighted by Crippen LogP contribution is 2.34. The van der Waals surface area contributed by atoms with Gasteiger partial charge >= 0.3 is 0 Å². The Kier molecular flexibility index (Phi) is 7.50. The summed E-state index contributed by atoms with van der Waals surface area (Å²) in [7, 11) is 1.97. The number of aromatic nitrogens is 1. The maximum absolute atomic E-state index is 13.2. The smallest absolute Gasteiger partial charge is 0.265 e. The molecule has 2 N–H and O–H groups in total. The van der Waals surface area contributed by atoms with E-state index >= 15 is 0 Å². The minimum atomic E-state index is -2.50. The van der Waals surface area contributed by atoms with Crippen LogP contribution in [0.5, 0.6) is 0 Å². The van der Waals surface area contributed by atoms with Crippen LogP contribution in [0.25, 0.3) is 10.9 Å². The number of nitrogens with one attached hydrogen (secondary N) is 2. The Balaban J connectivity index is 0.000000290. The second kappa shape index (κ2) is 10.1.